The molecule has 1 saturated heterocycles. The highest BCUT2D eigenvalue weighted by Gasteiger charge is 2.30. The van der Waals surface area contributed by atoms with E-state index in [0.717, 1.165) is 18.8 Å². The van der Waals surface area contributed by atoms with Crippen LogP contribution in [0.1, 0.15) is 20.8 Å². The molecule has 2 N–H and O–H groups in total. The quantitative estimate of drug-likeness (QED) is 0.680. The summed E-state index contributed by atoms with van der Waals surface area (Å²) in [4.78, 5) is 13.5. The van der Waals surface area contributed by atoms with Crippen molar-refractivity contribution in [2.45, 2.75) is 31.6 Å². The second kappa shape index (κ2) is 3.88. The molecule has 3 nitrogen and oxygen atoms in total. The first-order chi connectivity index (χ1) is 5.92. The van der Waals surface area contributed by atoms with Crippen molar-refractivity contribution in [1.82, 2.24) is 4.90 Å². The Morgan fingerprint density at radius 1 is 1.62 bits per heavy atom. The Morgan fingerprint density at radius 3 is 2.69 bits per heavy atom. The summed E-state index contributed by atoms with van der Waals surface area (Å²) in [7, 11) is 0. The number of hydrogen-bond donors (Lipinski definition) is 1. The lowest BCUT2D eigenvalue weighted by Gasteiger charge is -2.38. The molecular formula is C9H18N2OS. The maximum Gasteiger partial charge on any atom is 0.239 e. The first-order valence-corrected chi connectivity index (χ1v) is 5.59. The highest BCUT2D eigenvalue weighted by atomic mass is 32.2. The maximum atomic E-state index is 11.6. The fourth-order valence-corrected chi connectivity index (χ4v) is 2.60. The van der Waals surface area contributed by atoms with Gasteiger partial charge in [0.1, 0.15) is 0 Å². The number of carbonyl (C=O) groups excluding carboxylic acids is 1. The average molecular weight is 202 g/mol. The van der Waals surface area contributed by atoms with Gasteiger partial charge in [-0.25, -0.2) is 0 Å². The summed E-state index contributed by atoms with van der Waals surface area (Å²) < 4.78 is 0.183. The molecule has 0 aromatic heterocycles. The lowest BCUT2D eigenvalue weighted by Crippen LogP contribution is -2.50. The summed E-state index contributed by atoms with van der Waals surface area (Å²) >= 11 is 1.92. The van der Waals surface area contributed by atoms with E-state index in [4.69, 9.17) is 5.73 Å². The highest BCUT2D eigenvalue weighted by molar-refractivity contribution is 8.00. The lowest BCUT2D eigenvalue weighted by atomic mass is 10.1. The van der Waals surface area contributed by atoms with Crippen LogP contribution < -0.4 is 5.73 Å². The van der Waals surface area contributed by atoms with Gasteiger partial charge < -0.3 is 10.6 Å². The predicted molar refractivity (Wildman–Crippen MR) is 56.8 cm³/mol. The largest absolute Gasteiger partial charge is 0.339 e. The van der Waals surface area contributed by atoms with Gasteiger partial charge in [0, 0.05) is 23.6 Å². The Labute approximate surface area is 84.0 Å². The number of nitrogens with zero attached hydrogens (tertiary/aromatic N) is 1. The molecule has 4 heteroatoms. The van der Waals surface area contributed by atoms with E-state index in [1.165, 1.54) is 0 Å². The molecule has 1 rings (SSSR count). The van der Waals surface area contributed by atoms with Gasteiger partial charge in [-0.05, 0) is 20.8 Å². The van der Waals surface area contributed by atoms with Crippen molar-refractivity contribution >= 4 is 17.7 Å². The van der Waals surface area contributed by atoms with Gasteiger partial charge in [0.05, 0.1) is 6.04 Å². The summed E-state index contributed by atoms with van der Waals surface area (Å²) in [5.74, 6) is 1.10. The van der Waals surface area contributed by atoms with Crippen LogP contribution in [0.25, 0.3) is 0 Å². The Hall–Kier alpha value is -0.220. The number of thioether (sulfide) groups is 1. The number of hydrogen-bond acceptors (Lipinski definition) is 3. The molecule has 0 aliphatic carbocycles. The van der Waals surface area contributed by atoms with Gasteiger partial charge in [-0.3, -0.25) is 4.79 Å². The van der Waals surface area contributed by atoms with E-state index in [2.05, 4.69) is 13.8 Å². The van der Waals surface area contributed by atoms with Crippen LogP contribution >= 0.6 is 11.8 Å². The molecule has 76 valence electrons. The first-order valence-electron chi connectivity index (χ1n) is 4.61. The van der Waals surface area contributed by atoms with Gasteiger partial charge in [-0.1, -0.05) is 0 Å². The fraction of sp³-hybridized carbons (Fsp3) is 0.889. The number of amides is 1. The van der Waals surface area contributed by atoms with Crippen LogP contribution in [0.4, 0.5) is 0 Å². The first kappa shape index (κ1) is 10.9. The number of nitrogens with two attached hydrogens (primary N) is 1. The molecule has 1 fully saturated rings. The molecule has 0 saturated carbocycles. The standard InChI is InChI=1S/C9H18N2OS/c1-7(10)8(12)11-4-5-13-9(2,3)6-11/h7H,4-6,10H2,1-3H3/t7-/m1/s1. The van der Waals surface area contributed by atoms with Crippen LogP contribution in [0.2, 0.25) is 0 Å². The normalized spacial score (nSPS) is 24.2. The highest BCUT2D eigenvalue weighted by Crippen LogP contribution is 2.29. The van der Waals surface area contributed by atoms with Crippen molar-refractivity contribution in [3.8, 4) is 0 Å². The molecule has 0 radical (unpaired) electrons. The SMILES string of the molecule is C[C@@H](N)C(=O)N1CCSC(C)(C)C1. The van der Waals surface area contributed by atoms with Crippen molar-refractivity contribution in [2.24, 2.45) is 5.73 Å². The smallest absolute Gasteiger partial charge is 0.239 e. The van der Waals surface area contributed by atoms with Crippen LogP contribution in [0.3, 0.4) is 0 Å². The summed E-state index contributed by atoms with van der Waals surface area (Å²) in [5, 5.41) is 0. The molecule has 0 spiro atoms. The van der Waals surface area contributed by atoms with Crippen molar-refractivity contribution in [3.63, 3.8) is 0 Å². The minimum absolute atomic E-state index is 0.0772. The van der Waals surface area contributed by atoms with Crippen molar-refractivity contribution < 1.29 is 4.79 Å². The van der Waals surface area contributed by atoms with E-state index in [0.29, 0.717) is 0 Å². The molecule has 0 bridgehead atoms. The zero-order chi connectivity index (χ0) is 10.1. The summed E-state index contributed by atoms with van der Waals surface area (Å²) in [6.07, 6.45) is 0. The molecular weight excluding hydrogens is 184 g/mol. The van der Waals surface area contributed by atoms with Crippen molar-refractivity contribution in [2.75, 3.05) is 18.8 Å². The molecule has 1 aliphatic heterocycles. The van der Waals surface area contributed by atoms with E-state index in [1.807, 2.05) is 16.7 Å². The summed E-state index contributed by atoms with van der Waals surface area (Å²) in [5.41, 5.74) is 5.56. The molecule has 0 aromatic carbocycles. The van der Waals surface area contributed by atoms with E-state index in [-0.39, 0.29) is 16.7 Å². The topological polar surface area (TPSA) is 46.3 Å². The molecule has 0 aromatic rings. The third-order valence-electron chi connectivity index (χ3n) is 2.13. The van der Waals surface area contributed by atoms with E-state index in [9.17, 15) is 4.79 Å². The Bertz CT molecular complexity index is 204. The van der Waals surface area contributed by atoms with Crippen LogP contribution in [0.15, 0.2) is 0 Å². The Kier molecular flexibility index (Phi) is 3.24. The Balaban J connectivity index is 2.57. The molecule has 1 aliphatic rings. The van der Waals surface area contributed by atoms with E-state index < -0.39 is 0 Å². The lowest BCUT2D eigenvalue weighted by molar-refractivity contribution is -0.132. The monoisotopic (exact) mass is 202 g/mol. The van der Waals surface area contributed by atoms with E-state index >= 15 is 0 Å². The maximum absolute atomic E-state index is 11.6. The Morgan fingerprint density at radius 2 is 2.23 bits per heavy atom. The van der Waals surface area contributed by atoms with Gasteiger partial charge in [0.15, 0.2) is 0 Å². The third-order valence-corrected chi connectivity index (χ3v) is 3.42. The minimum atomic E-state index is -0.362. The number of rotatable bonds is 1. The predicted octanol–water partition coefficient (Wildman–Crippen LogP) is 0.688. The van der Waals surface area contributed by atoms with E-state index in [1.54, 1.807) is 6.92 Å². The number of carbonyl (C=O) groups is 1. The van der Waals surface area contributed by atoms with Crippen LogP contribution in [0, 0.1) is 0 Å². The zero-order valence-corrected chi connectivity index (χ0v) is 9.36. The van der Waals surface area contributed by atoms with Crippen LogP contribution in [-0.2, 0) is 4.79 Å². The molecule has 13 heavy (non-hydrogen) atoms. The molecule has 1 atom stereocenters. The molecule has 1 amide bonds. The summed E-state index contributed by atoms with van der Waals surface area (Å²) in [6, 6.07) is -0.362. The van der Waals surface area contributed by atoms with Crippen LogP contribution in [-0.4, -0.2) is 40.4 Å². The average Bonchev–Trinajstić information content (AvgIpc) is 2.01. The van der Waals surface area contributed by atoms with Gasteiger partial charge in [-0.15, -0.1) is 0 Å². The zero-order valence-electron chi connectivity index (χ0n) is 8.54. The third kappa shape index (κ3) is 2.88. The van der Waals surface area contributed by atoms with Crippen LogP contribution in [0.5, 0.6) is 0 Å². The molecule has 0 unspecified atom stereocenters. The van der Waals surface area contributed by atoms with Gasteiger partial charge >= 0.3 is 0 Å². The summed E-state index contributed by atoms with van der Waals surface area (Å²) in [6.45, 7) is 7.74. The second-order valence-electron chi connectivity index (χ2n) is 4.16. The van der Waals surface area contributed by atoms with Gasteiger partial charge in [0.25, 0.3) is 0 Å². The van der Waals surface area contributed by atoms with Crippen molar-refractivity contribution in [1.29, 1.82) is 0 Å². The van der Waals surface area contributed by atoms with Crippen molar-refractivity contribution in [3.05, 3.63) is 0 Å². The van der Waals surface area contributed by atoms with Gasteiger partial charge in [0.2, 0.25) is 5.91 Å². The fourth-order valence-electron chi connectivity index (χ4n) is 1.49. The minimum Gasteiger partial charge on any atom is -0.339 e. The second-order valence-corrected chi connectivity index (χ2v) is 5.96. The molecule has 1 heterocycles. The van der Waals surface area contributed by atoms with Gasteiger partial charge in [-0.2, -0.15) is 11.8 Å².